The number of hydrogen-bond acceptors (Lipinski definition) is 3. The highest BCUT2D eigenvalue weighted by atomic mass is 32.2. The summed E-state index contributed by atoms with van der Waals surface area (Å²) in [5, 5.41) is 5.46. The zero-order valence-corrected chi connectivity index (χ0v) is 13.8. The average molecular weight is 316 g/mol. The summed E-state index contributed by atoms with van der Waals surface area (Å²) in [6.45, 7) is 4.14. The fraction of sp³-hybridized carbons (Fsp3) is 0.235. The molecule has 0 unspecified atom stereocenters. The number of benzene rings is 2. The molecule has 0 radical (unpaired) electrons. The van der Waals surface area contributed by atoms with Crippen molar-refractivity contribution in [1.29, 1.82) is 0 Å². The predicted octanol–water partition coefficient (Wildman–Crippen LogP) is 4.18. The molecule has 0 aliphatic carbocycles. The second-order valence-corrected chi connectivity index (χ2v) is 5.80. The van der Waals surface area contributed by atoms with Crippen LogP contribution in [-0.2, 0) is 0 Å². The molecule has 0 fully saturated rings. The molecule has 2 N–H and O–H groups in total. The van der Waals surface area contributed by atoms with Crippen molar-refractivity contribution in [3.63, 3.8) is 0 Å². The lowest BCUT2D eigenvalue weighted by molar-refractivity contribution is 0.234. The molecule has 0 saturated heterocycles. The number of anilines is 1. The molecule has 0 saturated carbocycles. The minimum atomic E-state index is -0.289. The van der Waals surface area contributed by atoms with E-state index in [1.807, 2.05) is 62.6 Å². The number of amides is 2. The number of aryl methyl sites for hydroxylation is 2. The molecule has 0 atom stereocenters. The van der Waals surface area contributed by atoms with Gasteiger partial charge in [-0.25, -0.2) is 4.79 Å². The van der Waals surface area contributed by atoms with Crippen LogP contribution in [0.3, 0.4) is 0 Å². The Bertz CT molecular complexity index is 659. The first-order valence-corrected chi connectivity index (χ1v) is 8.20. The molecule has 0 aliphatic rings. The molecular weight excluding hydrogens is 296 g/mol. The largest absolute Gasteiger partial charge is 0.473 e. The summed E-state index contributed by atoms with van der Waals surface area (Å²) in [5.74, 6) is 0.773. The van der Waals surface area contributed by atoms with E-state index in [0.29, 0.717) is 0 Å². The van der Waals surface area contributed by atoms with E-state index in [1.54, 1.807) is 11.8 Å². The van der Waals surface area contributed by atoms with Crippen molar-refractivity contribution in [2.45, 2.75) is 18.7 Å². The minimum Gasteiger partial charge on any atom is -0.473 e. The Kier molecular flexibility index (Phi) is 5.72. The number of thioether (sulfide) groups is 1. The third-order valence-corrected chi connectivity index (χ3v) is 3.84. The molecule has 2 amide bonds. The van der Waals surface area contributed by atoms with Gasteiger partial charge in [-0.1, -0.05) is 23.8 Å². The summed E-state index contributed by atoms with van der Waals surface area (Å²) in [6, 6.07) is 13.3. The van der Waals surface area contributed by atoms with E-state index < -0.39 is 0 Å². The zero-order valence-electron chi connectivity index (χ0n) is 13.0. The van der Waals surface area contributed by atoms with Crippen LogP contribution in [0.4, 0.5) is 10.5 Å². The van der Waals surface area contributed by atoms with Crippen molar-refractivity contribution in [3.05, 3.63) is 53.6 Å². The van der Waals surface area contributed by atoms with Crippen molar-refractivity contribution >= 4 is 23.5 Å². The van der Waals surface area contributed by atoms with E-state index in [2.05, 4.69) is 10.6 Å². The summed E-state index contributed by atoms with van der Waals surface area (Å²) in [7, 11) is 0. The fourth-order valence-electron chi connectivity index (χ4n) is 2.02. The van der Waals surface area contributed by atoms with E-state index in [4.69, 9.17) is 4.74 Å². The highest BCUT2D eigenvalue weighted by Crippen LogP contribution is 2.19. The number of rotatable bonds is 5. The standard InChI is InChI=1S/C17H20N2O2S/c1-12-7-8-16(13(2)9-12)21-11-18-17(20)19-14-5-4-6-15(10-14)22-3/h4-10H,11H2,1-3H3,(H2,18,19,20). The molecule has 0 aliphatic heterocycles. The second kappa shape index (κ2) is 7.75. The van der Waals surface area contributed by atoms with E-state index in [1.165, 1.54) is 5.56 Å². The molecule has 116 valence electrons. The Balaban J connectivity index is 1.82. The summed E-state index contributed by atoms with van der Waals surface area (Å²) >= 11 is 1.63. The average Bonchev–Trinajstić information content (AvgIpc) is 2.49. The molecule has 2 aromatic carbocycles. The van der Waals surface area contributed by atoms with E-state index in [9.17, 15) is 4.79 Å². The summed E-state index contributed by atoms with van der Waals surface area (Å²) < 4.78 is 5.57. The Hall–Kier alpha value is -2.14. The van der Waals surface area contributed by atoms with E-state index >= 15 is 0 Å². The van der Waals surface area contributed by atoms with Gasteiger partial charge in [-0.15, -0.1) is 11.8 Å². The number of ether oxygens (including phenoxy) is 1. The first-order valence-electron chi connectivity index (χ1n) is 6.97. The topological polar surface area (TPSA) is 50.4 Å². The molecule has 0 heterocycles. The molecule has 0 spiro atoms. The summed E-state index contributed by atoms with van der Waals surface area (Å²) in [4.78, 5) is 12.9. The maximum Gasteiger partial charge on any atom is 0.321 e. The molecule has 5 heteroatoms. The van der Waals surface area contributed by atoms with Crippen LogP contribution in [0.5, 0.6) is 5.75 Å². The first-order chi connectivity index (χ1) is 10.6. The van der Waals surface area contributed by atoms with Crippen LogP contribution in [0.1, 0.15) is 11.1 Å². The van der Waals surface area contributed by atoms with Gasteiger partial charge >= 0.3 is 6.03 Å². The van der Waals surface area contributed by atoms with E-state index in [-0.39, 0.29) is 12.8 Å². The number of hydrogen-bond donors (Lipinski definition) is 2. The molecule has 0 aromatic heterocycles. The smallest absolute Gasteiger partial charge is 0.321 e. The van der Waals surface area contributed by atoms with Crippen LogP contribution in [0.25, 0.3) is 0 Å². The molecule has 22 heavy (non-hydrogen) atoms. The van der Waals surface area contributed by atoms with Crippen LogP contribution >= 0.6 is 11.8 Å². The predicted molar refractivity (Wildman–Crippen MR) is 91.8 cm³/mol. The van der Waals surface area contributed by atoms with Crippen molar-refractivity contribution < 1.29 is 9.53 Å². The fourth-order valence-corrected chi connectivity index (χ4v) is 2.48. The second-order valence-electron chi connectivity index (χ2n) is 4.92. The Labute approximate surface area is 135 Å². The third kappa shape index (κ3) is 4.70. The van der Waals surface area contributed by atoms with Gasteiger partial charge in [0.1, 0.15) is 5.75 Å². The molecule has 0 bridgehead atoms. The molecule has 2 aromatic rings. The van der Waals surface area contributed by atoms with Crippen LogP contribution in [-0.4, -0.2) is 19.0 Å². The van der Waals surface area contributed by atoms with Gasteiger partial charge in [-0.05, 0) is 49.9 Å². The summed E-state index contributed by atoms with van der Waals surface area (Å²) in [5.41, 5.74) is 3.00. The van der Waals surface area contributed by atoms with Gasteiger partial charge in [0.25, 0.3) is 0 Å². The van der Waals surface area contributed by atoms with Gasteiger partial charge in [0.2, 0.25) is 0 Å². The quantitative estimate of drug-likeness (QED) is 0.642. The van der Waals surface area contributed by atoms with Crippen molar-refractivity contribution in [2.24, 2.45) is 0 Å². The van der Waals surface area contributed by atoms with Crippen molar-refractivity contribution in [3.8, 4) is 5.75 Å². The Morgan fingerprint density at radius 1 is 1.18 bits per heavy atom. The summed E-state index contributed by atoms with van der Waals surface area (Å²) in [6.07, 6.45) is 2.00. The lowest BCUT2D eigenvalue weighted by Gasteiger charge is -2.12. The van der Waals surface area contributed by atoms with Crippen LogP contribution in [0.15, 0.2) is 47.4 Å². The normalized spacial score (nSPS) is 10.1. The Morgan fingerprint density at radius 3 is 2.73 bits per heavy atom. The SMILES string of the molecule is CSc1cccc(NC(=O)NCOc2ccc(C)cc2C)c1. The lowest BCUT2D eigenvalue weighted by atomic mass is 10.1. The van der Waals surface area contributed by atoms with Gasteiger partial charge in [0.05, 0.1) is 0 Å². The number of carbonyl (C=O) groups is 1. The zero-order chi connectivity index (χ0) is 15.9. The monoisotopic (exact) mass is 316 g/mol. The van der Waals surface area contributed by atoms with Crippen LogP contribution in [0, 0.1) is 13.8 Å². The van der Waals surface area contributed by atoms with Gasteiger partial charge in [-0.2, -0.15) is 0 Å². The molecule has 4 nitrogen and oxygen atoms in total. The third-order valence-electron chi connectivity index (χ3n) is 3.12. The molecular formula is C17H20N2O2S. The molecule has 2 rings (SSSR count). The van der Waals surface area contributed by atoms with Gasteiger partial charge in [-0.3, -0.25) is 0 Å². The van der Waals surface area contributed by atoms with E-state index in [0.717, 1.165) is 21.9 Å². The van der Waals surface area contributed by atoms with Crippen LogP contribution in [0.2, 0.25) is 0 Å². The number of urea groups is 1. The van der Waals surface area contributed by atoms with Crippen molar-refractivity contribution in [1.82, 2.24) is 5.32 Å². The maximum atomic E-state index is 11.8. The van der Waals surface area contributed by atoms with Gasteiger partial charge in [0.15, 0.2) is 6.73 Å². The number of nitrogens with one attached hydrogen (secondary N) is 2. The first kappa shape index (κ1) is 16.2. The minimum absolute atomic E-state index is 0.123. The lowest BCUT2D eigenvalue weighted by Crippen LogP contribution is -2.32. The van der Waals surface area contributed by atoms with Crippen LogP contribution < -0.4 is 15.4 Å². The van der Waals surface area contributed by atoms with Gasteiger partial charge in [0, 0.05) is 10.6 Å². The Morgan fingerprint density at radius 2 is 2.00 bits per heavy atom. The maximum absolute atomic E-state index is 11.8. The number of carbonyl (C=O) groups excluding carboxylic acids is 1. The highest BCUT2D eigenvalue weighted by molar-refractivity contribution is 7.98. The van der Waals surface area contributed by atoms with Crippen molar-refractivity contribution in [2.75, 3.05) is 18.3 Å². The highest BCUT2D eigenvalue weighted by Gasteiger charge is 2.03. The van der Waals surface area contributed by atoms with Gasteiger partial charge < -0.3 is 15.4 Å².